The highest BCUT2D eigenvalue weighted by Crippen LogP contribution is 2.52. The minimum absolute atomic E-state index is 0.0254. The lowest BCUT2D eigenvalue weighted by Crippen LogP contribution is -2.34. The van der Waals surface area contributed by atoms with Gasteiger partial charge in [0, 0.05) is 30.7 Å². The van der Waals surface area contributed by atoms with Crippen molar-refractivity contribution in [2.45, 2.75) is 44.1 Å². The lowest BCUT2D eigenvalue weighted by molar-refractivity contribution is -0.275. The van der Waals surface area contributed by atoms with Crippen molar-refractivity contribution in [3.8, 4) is 46.0 Å². The highest BCUT2D eigenvalue weighted by atomic mass is 19.4. The molecule has 0 aromatic heterocycles. The molecule has 0 aliphatic carbocycles. The molecule has 8 nitrogen and oxygen atoms in total. The van der Waals surface area contributed by atoms with Crippen LogP contribution in [-0.4, -0.2) is 64.7 Å². The van der Waals surface area contributed by atoms with Crippen LogP contribution in [0.5, 0.6) is 46.0 Å². The summed E-state index contributed by atoms with van der Waals surface area (Å²) in [7, 11) is 8.96. The van der Waals surface area contributed by atoms with Crippen molar-refractivity contribution in [3.63, 3.8) is 0 Å². The summed E-state index contributed by atoms with van der Waals surface area (Å²) in [5, 5.41) is 0. The number of likely N-dealkylation sites (N-methyl/N-ethyl adjacent to an activating group) is 2. The first-order valence-electron chi connectivity index (χ1n) is 16.3. The van der Waals surface area contributed by atoms with E-state index in [4.69, 9.17) is 23.7 Å². The second-order valence-corrected chi connectivity index (χ2v) is 12.8. The van der Waals surface area contributed by atoms with Crippen LogP contribution in [0, 0.1) is 0 Å². The summed E-state index contributed by atoms with van der Waals surface area (Å²) in [6.45, 7) is 1.61. The molecule has 0 amide bonds. The summed E-state index contributed by atoms with van der Waals surface area (Å²) in [6.07, 6.45) is -2.17. The number of hydrogen-bond donors (Lipinski definition) is 0. The number of methoxy groups -OCH3 is 3. The summed E-state index contributed by atoms with van der Waals surface area (Å²) >= 11 is 0. The van der Waals surface area contributed by atoms with Crippen LogP contribution in [0.2, 0.25) is 0 Å². The zero-order valence-electron chi connectivity index (χ0n) is 28.1. The summed E-state index contributed by atoms with van der Waals surface area (Å²) < 4.78 is 75.6. The Morgan fingerprint density at radius 2 is 1.31 bits per heavy atom. The topological polar surface area (TPSA) is 61.9 Å². The van der Waals surface area contributed by atoms with Gasteiger partial charge in [0.2, 0.25) is 5.75 Å². The number of rotatable bonds is 4. The van der Waals surface area contributed by atoms with Crippen LogP contribution in [0.15, 0.2) is 60.7 Å². The van der Waals surface area contributed by atoms with Crippen molar-refractivity contribution in [1.29, 1.82) is 0 Å². The minimum atomic E-state index is -4.89. The van der Waals surface area contributed by atoms with Gasteiger partial charge in [0.1, 0.15) is 5.75 Å². The molecule has 4 aromatic rings. The lowest BCUT2D eigenvalue weighted by atomic mass is 9.87. The van der Waals surface area contributed by atoms with Crippen LogP contribution >= 0.6 is 0 Å². The molecule has 0 spiro atoms. The zero-order valence-corrected chi connectivity index (χ0v) is 28.1. The van der Waals surface area contributed by atoms with E-state index in [1.165, 1.54) is 11.6 Å². The van der Waals surface area contributed by atoms with E-state index in [0.29, 0.717) is 47.3 Å². The van der Waals surface area contributed by atoms with Gasteiger partial charge in [-0.25, -0.2) is 0 Å². The summed E-state index contributed by atoms with van der Waals surface area (Å²) in [5.41, 5.74) is 6.08. The number of hydrogen-bond acceptors (Lipinski definition) is 8. The van der Waals surface area contributed by atoms with Gasteiger partial charge >= 0.3 is 6.36 Å². The smallest absolute Gasteiger partial charge is 0.493 e. The van der Waals surface area contributed by atoms with Gasteiger partial charge in [-0.2, -0.15) is 0 Å². The van der Waals surface area contributed by atoms with E-state index >= 15 is 0 Å². The van der Waals surface area contributed by atoms with E-state index < -0.39 is 12.1 Å². The lowest BCUT2D eigenvalue weighted by Gasteiger charge is -2.37. The predicted molar refractivity (Wildman–Crippen MR) is 178 cm³/mol. The third-order valence-corrected chi connectivity index (χ3v) is 9.85. The molecule has 0 fully saturated rings. The van der Waals surface area contributed by atoms with Crippen molar-refractivity contribution in [1.82, 2.24) is 9.80 Å². The molecule has 8 rings (SSSR count). The van der Waals surface area contributed by atoms with Crippen LogP contribution in [0.4, 0.5) is 13.2 Å². The van der Waals surface area contributed by atoms with E-state index in [0.717, 1.165) is 53.7 Å². The fraction of sp³-hybridized carbons (Fsp3) is 0.368. The molecule has 0 saturated heterocycles. The first-order chi connectivity index (χ1) is 23.5. The van der Waals surface area contributed by atoms with E-state index in [2.05, 4.69) is 33.7 Å². The van der Waals surface area contributed by atoms with E-state index in [1.54, 1.807) is 45.6 Å². The maximum absolute atomic E-state index is 13.5. The highest BCUT2D eigenvalue weighted by Gasteiger charge is 2.36. The van der Waals surface area contributed by atoms with Gasteiger partial charge in [0.25, 0.3) is 0 Å². The average Bonchev–Trinajstić information content (AvgIpc) is 3.07. The zero-order chi connectivity index (χ0) is 34.4. The first-order valence-corrected chi connectivity index (χ1v) is 16.3. The molecule has 4 aromatic carbocycles. The third kappa shape index (κ3) is 6.45. The Hall–Kier alpha value is -4.61. The van der Waals surface area contributed by atoms with Crippen molar-refractivity contribution < 1.29 is 41.6 Å². The number of ether oxygens (including phenoxy) is 6. The van der Waals surface area contributed by atoms with Gasteiger partial charge in [0.05, 0.1) is 21.3 Å². The third-order valence-electron chi connectivity index (χ3n) is 9.85. The summed E-state index contributed by atoms with van der Waals surface area (Å²) in [6, 6.07) is 18.0. The largest absolute Gasteiger partial charge is 0.573 e. The molecule has 6 bridgehead atoms. The maximum atomic E-state index is 13.5. The average molecular weight is 677 g/mol. The van der Waals surface area contributed by atoms with Crippen LogP contribution in [0.3, 0.4) is 0 Å². The van der Waals surface area contributed by atoms with Crippen LogP contribution < -0.4 is 28.4 Å². The number of fused-ring (bicyclic) bond motifs is 2. The molecule has 4 aliphatic heterocycles. The van der Waals surface area contributed by atoms with Gasteiger partial charge in [-0.05, 0) is 110 Å². The van der Waals surface area contributed by atoms with Crippen LogP contribution in [0.1, 0.15) is 45.5 Å². The number of halogens is 3. The first kappa shape index (κ1) is 32.9. The van der Waals surface area contributed by atoms with Crippen LogP contribution in [-0.2, 0) is 25.7 Å². The van der Waals surface area contributed by atoms with Gasteiger partial charge in [-0.15, -0.1) is 13.2 Å². The van der Waals surface area contributed by atoms with Gasteiger partial charge in [-0.3, -0.25) is 9.80 Å². The number of alkyl halides is 3. The molecule has 11 heteroatoms. The molecule has 258 valence electrons. The second kappa shape index (κ2) is 13.0. The van der Waals surface area contributed by atoms with Crippen molar-refractivity contribution in [3.05, 3.63) is 94.0 Å². The Bertz CT molecular complexity index is 1860. The van der Waals surface area contributed by atoms with Gasteiger partial charge < -0.3 is 28.4 Å². The van der Waals surface area contributed by atoms with Crippen molar-refractivity contribution >= 4 is 0 Å². The van der Waals surface area contributed by atoms with Gasteiger partial charge in [-0.1, -0.05) is 18.2 Å². The fourth-order valence-electron chi connectivity index (χ4n) is 7.32. The Kier molecular flexibility index (Phi) is 8.74. The van der Waals surface area contributed by atoms with Crippen molar-refractivity contribution in [2.75, 3.05) is 48.5 Å². The standard InChI is InChI=1S/C38H39F3N2O6/c1-42-14-12-24-19-31(44-3)33-21-27(24)28(42)16-22-6-9-26(10-7-22)47-32-18-23(8-11-30(32)49-38(39,40)41)17-29-35-25(13-15-43(29)2)20-34(45-4)36(46-5)37(35)48-33/h6-11,18-21,28-29H,12-17H2,1-5H3/t28-,29+/m1/s1. The molecule has 0 N–H and O–H groups in total. The molecule has 4 heterocycles. The Morgan fingerprint density at radius 3 is 2.00 bits per heavy atom. The second-order valence-electron chi connectivity index (χ2n) is 12.8. The molecule has 4 aliphatic rings. The fourth-order valence-corrected chi connectivity index (χ4v) is 7.32. The molecule has 2 atom stereocenters. The van der Waals surface area contributed by atoms with Gasteiger partial charge in [0.15, 0.2) is 34.5 Å². The molecule has 49 heavy (non-hydrogen) atoms. The Balaban J connectivity index is 1.45. The van der Waals surface area contributed by atoms with E-state index in [1.807, 2.05) is 25.2 Å². The van der Waals surface area contributed by atoms with E-state index in [9.17, 15) is 13.2 Å². The van der Waals surface area contributed by atoms with E-state index in [-0.39, 0.29) is 17.8 Å². The Morgan fingerprint density at radius 1 is 0.673 bits per heavy atom. The highest BCUT2D eigenvalue weighted by molar-refractivity contribution is 5.64. The monoisotopic (exact) mass is 676 g/mol. The molecule has 0 radical (unpaired) electrons. The molecule has 0 unspecified atom stereocenters. The van der Waals surface area contributed by atoms with Crippen molar-refractivity contribution in [2.24, 2.45) is 0 Å². The molecular weight excluding hydrogens is 637 g/mol. The summed E-state index contributed by atoms with van der Waals surface area (Å²) in [5.74, 6) is 2.64. The molecule has 0 saturated carbocycles. The maximum Gasteiger partial charge on any atom is 0.573 e. The molecular formula is C38H39F3N2O6. The predicted octanol–water partition coefficient (Wildman–Crippen LogP) is 8.05. The summed E-state index contributed by atoms with van der Waals surface area (Å²) in [4.78, 5) is 4.54. The quantitative estimate of drug-likeness (QED) is 0.215. The number of benzene rings is 4. The van der Waals surface area contributed by atoms with Crippen LogP contribution in [0.25, 0.3) is 0 Å². The normalized spacial score (nSPS) is 19.1. The minimum Gasteiger partial charge on any atom is -0.493 e. The number of nitrogens with zero attached hydrogens (tertiary/aromatic N) is 2. The SMILES string of the molecule is COc1cc2c3cc1Oc1c(OC)c(OC)cc4c1[C@H](Cc1ccc(OC(F)(F)F)c(c1)Oc1ccc(cc1)C[C@H]3N(C)CC2)N(C)CC4. The Labute approximate surface area is 283 Å².